The molecule has 11 heteroatoms. The number of aliphatic carboxylic acids is 1. The third-order valence-electron chi connectivity index (χ3n) is 5.44. The van der Waals surface area contributed by atoms with Crippen LogP contribution in [0.25, 0.3) is 0 Å². The first-order valence-corrected chi connectivity index (χ1v) is 12.2. The average Bonchev–Trinajstić information content (AvgIpc) is 2.76. The third kappa shape index (κ3) is 10.7. The van der Waals surface area contributed by atoms with E-state index in [2.05, 4.69) is 0 Å². The lowest BCUT2D eigenvalue weighted by Crippen LogP contribution is -2.38. The number of carbonyl (C=O) groups is 4. The Morgan fingerprint density at radius 3 is 1.78 bits per heavy atom. The Bertz CT molecular complexity index is 943. The number of hydrogen-bond donors (Lipinski definition) is 2. The average molecular weight is 526 g/mol. The van der Waals surface area contributed by atoms with Crippen LogP contribution in [-0.2, 0) is 23.8 Å². The molecule has 11 nitrogen and oxygen atoms in total. The van der Waals surface area contributed by atoms with E-state index in [0.717, 1.165) is 0 Å². The summed E-state index contributed by atoms with van der Waals surface area (Å²) >= 11 is 0. The van der Waals surface area contributed by atoms with Gasteiger partial charge in [-0.15, -0.1) is 0 Å². The predicted molar refractivity (Wildman–Crippen MR) is 133 cm³/mol. The van der Waals surface area contributed by atoms with Gasteiger partial charge in [-0.25, -0.2) is 9.59 Å². The van der Waals surface area contributed by atoms with E-state index in [1.54, 1.807) is 41.5 Å². The van der Waals surface area contributed by atoms with Crippen molar-refractivity contribution in [3.8, 4) is 11.5 Å². The molecule has 1 rings (SSSR count). The van der Waals surface area contributed by atoms with Gasteiger partial charge in [0.2, 0.25) is 0 Å². The fraction of sp³-hybridized carbons (Fsp3) is 0.615. The molecule has 3 N–H and O–H groups in total. The molecule has 3 unspecified atom stereocenters. The second-order valence-corrected chi connectivity index (χ2v) is 9.73. The summed E-state index contributed by atoms with van der Waals surface area (Å²) in [4.78, 5) is 48.4. The van der Waals surface area contributed by atoms with Crippen LogP contribution < -0.4 is 15.2 Å². The Balaban J connectivity index is 3.34. The van der Waals surface area contributed by atoms with Crippen molar-refractivity contribution >= 4 is 24.2 Å². The van der Waals surface area contributed by atoms with E-state index < -0.39 is 54.5 Å². The highest BCUT2D eigenvalue weighted by Crippen LogP contribution is 2.35. The molecule has 0 fully saturated rings. The standard InChI is InChI=1S/C26H39NO10/c1-13(2)17(8)24(30)35-16(7)11-19(22(27)23(28)29)18-9-10-20(36-25(31)33-14(3)4)21(12-18)37-26(32)34-15(5)6/h9-10,12-17,19,22H,11,27H2,1-8H3,(H,28,29)/t16?,17?,19?,22-/m0/s1. The summed E-state index contributed by atoms with van der Waals surface area (Å²) in [5.41, 5.74) is 6.35. The quantitative estimate of drug-likeness (QED) is 0.222. The number of benzene rings is 1. The molecule has 1 aromatic rings. The SMILES string of the molecule is CC(C)OC(=O)Oc1ccc(C(CC(C)OC(=O)C(C)C(C)C)[C@H](N)C(=O)O)cc1OC(=O)OC(C)C. The number of carboxylic acid groups (broad SMARTS) is 1. The highest BCUT2D eigenvalue weighted by Gasteiger charge is 2.31. The van der Waals surface area contributed by atoms with Crippen LogP contribution in [0.15, 0.2) is 18.2 Å². The molecule has 208 valence electrons. The molecule has 37 heavy (non-hydrogen) atoms. The summed E-state index contributed by atoms with van der Waals surface area (Å²) < 4.78 is 25.9. The molecule has 0 spiro atoms. The fourth-order valence-electron chi connectivity index (χ4n) is 3.18. The van der Waals surface area contributed by atoms with Crippen LogP contribution in [0.2, 0.25) is 0 Å². The summed E-state index contributed by atoms with van der Waals surface area (Å²) in [6, 6.07) is 2.76. The summed E-state index contributed by atoms with van der Waals surface area (Å²) in [5, 5.41) is 9.62. The summed E-state index contributed by atoms with van der Waals surface area (Å²) in [6.07, 6.45) is -3.63. The van der Waals surface area contributed by atoms with Crippen LogP contribution in [0.3, 0.4) is 0 Å². The molecular formula is C26H39NO10. The van der Waals surface area contributed by atoms with Crippen molar-refractivity contribution in [3.05, 3.63) is 23.8 Å². The zero-order valence-electron chi connectivity index (χ0n) is 22.7. The Hall–Kier alpha value is -3.34. The van der Waals surface area contributed by atoms with Crippen LogP contribution in [0.5, 0.6) is 11.5 Å². The van der Waals surface area contributed by atoms with Crippen molar-refractivity contribution in [2.75, 3.05) is 0 Å². The first-order chi connectivity index (χ1) is 17.1. The molecule has 0 bridgehead atoms. The number of carboxylic acids is 1. The lowest BCUT2D eigenvalue weighted by atomic mass is 9.87. The maximum absolute atomic E-state index is 12.4. The van der Waals surface area contributed by atoms with Gasteiger partial charge < -0.3 is 34.5 Å². The smallest absolute Gasteiger partial charge is 0.480 e. The van der Waals surface area contributed by atoms with Crippen LogP contribution in [0.4, 0.5) is 9.59 Å². The number of esters is 1. The topological polar surface area (TPSA) is 161 Å². The number of carbonyl (C=O) groups excluding carboxylic acids is 3. The summed E-state index contributed by atoms with van der Waals surface area (Å²) in [5.74, 6) is -3.16. The highest BCUT2D eigenvalue weighted by atomic mass is 16.7. The van der Waals surface area contributed by atoms with Crippen molar-refractivity contribution < 1.29 is 48.0 Å². The van der Waals surface area contributed by atoms with E-state index >= 15 is 0 Å². The molecule has 4 atom stereocenters. The van der Waals surface area contributed by atoms with Crippen molar-refractivity contribution in [2.24, 2.45) is 17.6 Å². The highest BCUT2D eigenvalue weighted by molar-refractivity contribution is 5.75. The first kappa shape index (κ1) is 31.7. The lowest BCUT2D eigenvalue weighted by Gasteiger charge is -2.26. The van der Waals surface area contributed by atoms with E-state index in [1.807, 2.05) is 13.8 Å². The molecule has 0 aliphatic rings. The van der Waals surface area contributed by atoms with Gasteiger partial charge in [0.15, 0.2) is 11.5 Å². The molecule has 1 aromatic carbocycles. The maximum atomic E-state index is 12.4. The Labute approximate surface area is 217 Å². The van der Waals surface area contributed by atoms with E-state index in [1.165, 1.54) is 18.2 Å². The zero-order chi connectivity index (χ0) is 28.4. The molecule has 0 amide bonds. The third-order valence-corrected chi connectivity index (χ3v) is 5.44. The lowest BCUT2D eigenvalue weighted by molar-refractivity contribution is -0.154. The van der Waals surface area contributed by atoms with Crippen molar-refractivity contribution in [2.45, 2.75) is 92.1 Å². The summed E-state index contributed by atoms with van der Waals surface area (Å²) in [6.45, 7) is 13.7. The van der Waals surface area contributed by atoms with Crippen molar-refractivity contribution in [1.29, 1.82) is 0 Å². The molecule has 0 radical (unpaired) electrons. The predicted octanol–water partition coefficient (Wildman–Crippen LogP) is 4.64. The van der Waals surface area contributed by atoms with Gasteiger partial charge in [0.1, 0.15) is 6.04 Å². The van der Waals surface area contributed by atoms with Gasteiger partial charge in [-0.05, 0) is 64.7 Å². The van der Waals surface area contributed by atoms with Gasteiger partial charge in [-0.1, -0.05) is 26.8 Å². The van der Waals surface area contributed by atoms with Gasteiger partial charge in [-0.2, -0.15) is 0 Å². The molecule has 0 heterocycles. The molecule has 0 saturated heterocycles. The Morgan fingerprint density at radius 2 is 1.32 bits per heavy atom. The van der Waals surface area contributed by atoms with Crippen molar-refractivity contribution in [1.82, 2.24) is 0 Å². The van der Waals surface area contributed by atoms with Gasteiger partial charge in [0, 0.05) is 5.92 Å². The van der Waals surface area contributed by atoms with Crippen molar-refractivity contribution in [3.63, 3.8) is 0 Å². The number of ether oxygens (including phenoxy) is 5. The number of rotatable bonds is 12. The maximum Gasteiger partial charge on any atom is 0.514 e. The zero-order valence-corrected chi connectivity index (χ0v) is 22.7. The first-order valence-electron chi connectivity index (χ1n) is 12.2. The van der Waals surface area contributed by atoms with E-state index in [4.69, 9.17) is 29.4 Å². The minimum atomic E-state index is -1.38. The molecule has 0 saturated carbocycles. The molecule has 0 aliphatic carbocycles. The monoisotopic (exact) mass is 525 g/mol. The molecular weight excluding hydrogens is 486 g/mol. The summed E-state index contributed by atoms with van der Waals surface area (Å²) in [7, 11) is 0. The van der Waals surface area contributed by atoms with Crippen LogP contribution in [-0.4, -0.2) is 53.7 Å². The Kier molecular flexibility index (Phi) is 12.3. The Morgan fingerprint density at radius 1 is 0.811 bits per heavy atom. The minimum absolute atomic E-state index is 0.0650. The number of hydrogen-bond acceptors (Lipinski definition) is 10. The van der Waals surface area contributed by atoms with E-state index in [0.29, 0.717) is 5.56 Å². The van der Waals surface area contributed by atoms with Gasteiger partial charge in [0.25, 0.3) is 0 Å². The van der Waals surface area contributed by atoms with Crippen LogP contribution in [0, 0.1) is 11.8 Å². The second kappa shape index (κ2) is 14.4. The van der Waals surface area contributed by atoms with Crippen LogP contribution in [0.1, 0.15) is 73.3 Å². The van der Waals surface area contributed by atoms with Gasteiger partial charge >= 0.3 is 24.2 Å². The molecule has 0 aliphatic heterocycles. The largest absolute Gasteiger partial charge is 0.514 e. The van der Waals surface area contributed by atoms with E-state index in [-0.39, 0.29) is 29.8 Å². The van der Waals surface area contributed by atoms with Crippen LogP contribution >= 0.6 is 0 Å². The second-order valence-electron chi connectivity index (χ2n) is 9.73. The van der Waals surface area contributed by atoms with Gasteiger partial charge in [-0.3, -0.25) is 9.59 Å². The van der Waals surface area contributed by atoms with Gasteiger partial charge in [0.05, 0.1) is 24.2 Å². The fourth-order valence-corrected chi connectivity index (χ4v) is 3.18. The molecule has 0 aromatic heterocycles. The number of nitrogens with two attached hydrogens (primary N) is 1. The minimum Gasteiger partial charge on any atom is -0.480 e. The van der Waals surface area contributed by atoms with E-state index in [9.17, 15) is 24.3 Å². The normalized spacial score (nSPS) is 14.5.